The first-order valence-corrected chi connectivity index (χ1v) is 7.18. The lowest BCUT2D eigenvalue weighted by Gasteiger charge is -2.13. The number of rotatable bonds is 1. The molecule has 1 heterocycles. The fourth-order valence-electron chi connectivity index (χ4n) is 2.77. The van der Waals surface area contributed by atoms with Crippen LogP contribution in [0, 0.1) is 5.82 Å². The van der Waals surface area contributed by atoms with Crippen molar-refractivity contribution in [3.8, 4) is 11.3 Å². The van der Waals surface area contributed by atoms with Crippen LogP contribution in [0.4, 0.5) is 17.6 Å². The molecule has 0 fully saturated rings. The van der Waals surface area contributed by atoms with E-state index >= 15 is 0 Å². The number of benzene rings is 1. The summed E-state index contributed by atoms with van der Waals surface area (Å²) in [5, 5.41) is 8.03. The molecule has 2 aromatic rings. The van der Waals surface area contributed by atoms with Crippen molar-refractivity contribution < 1.29 is 17.6 Å². The summed E-state index contributed by atoms with van der Waals surface area (Å²) < 4.78 is 52.5. The van der Waals surface area contributed by atoms with Gasteiger partial charge in [0.15, 0.2) is 0 Å². The van der Waals surface area contributed by atoms with Gasteiger partial charge in [-0.1, -0.05) is 6.42 Å². The minimum Gasteiger partial charge on any atom is -0.207 e. The van der Waals surface area contributed by atoms with Gasteiger partial charge in [-0.2, -0.15) is 23.4 Å². The standard InChI is InChI=1S/C16H14F4N2/c17-11-6-7-12(13(9-11)16(18,19)20)15-8-10-4-2-1-3-5-14(10)21-22-15/h6-9H,1-5H2. The molecule has 6 heteroatoms. The average molecular weight is 310 g/mol. The number of halogens is 4. The molecule has 0 N–H and O–H groups in total. The van der Waals surface area contributed by atoms with Gasteiger partial charge in [-0.15, -0.1) is 0 Å². The van der Waals surface area contributed by atoms with Crippen molar-refractivity contribution in [2.75, 3.05) is 0 Å². The fraction of sp³-hybridized carbons (Fsp3) is 0.375. The molecule has 2 nitrogen and oxygen atoms in total. The molecule has 22 heavy (non-hydrogen) atoms. The largest absolute Gasteiger partial charge is 0.417 e. The Kier molecular flexibility index (Phi) is 3.85. The molecule has 1 aliphatic rings. The molecule has 0 unspecified atom stereocenters. The summed E-state index contributed by atoms with van der Waals surface area (Å²) in [5.74, 6) is -0.918. The lowest BCUT2D eigenvalue weighted by atomic mass is 10.0. The maximum Gasteiger partial charge on any atom is 0.417 e. The number of hydrogen-bond donors (Lipinski definition) is 0. The van der Waals surface area contributed by atoms with Gasteiger partial charge in [0.2, 0.25) is 0 Å². The van der Waals surface area contributed by atoms with Gasteiger partial charge in [0.25, 0.3) is 0 Å². The quantitative estimate of drug-likeness (QED) is 0.569. The van der Waals surface area contributed by atoms with Gasteiger partial charge >= 0.3 is 6.18 Å². The van der Waals surface area contributed by atoms with Crippen LogP contribution in [0.15, 0.2) is 24.3 Å². The van der Waals surface area contributed by atoms with Crippen LogP contribution in [-0.2, 0) is 19.0 Å². The van der Waals surface area contributed by atoms with E-state index in [2.05, 4.69) is 10.2 Å². The highest BCUT2D eigenvalue weighted by molar-refractivity contribution is 5.65. The molecule has 1 aromatic carbocycles. The van der Waals surface area contributed by atoms with Crippen molar-refractivity contribution in [3.63, 3.8) is 0 Å². The lowest BCUT2D eigenvalue weighted by molar-refractivity contribution is -0.137. The summed E-state index contributed by atoms with van der Waals surface area (Å²) in [4.78, 5) is 0. The highest BCUT2D eigenvalue weighted by Gasteiger charge is 2.34. The molecule has 1 aromatic heterocycles. The van der Waals surface area contributed by atoms with Gasteiger partial charge in [0.05, 0.1) is 17.0 Å². The van der Waals surface area contributed by atoms with Crippen molar-refractivity contribution in [1.29, 1.82) is 0 Å². The number of aryl methyl sites for hydroxylation is 2. The Bertz CT molecular complexity index is 695. The van der Waals surface area contributed by atoms with Crippen molar-refractivity contribution in [2.24, 2.45) is 0 Å². The Balaban J connectivity index is 2.10. The van der Waals surface area contributed by atoms with Gasteiger partial charge in [0, 0.05) is 5.56 Å². The molecular formula is C16H14F4N2. The first kappa shape index (κ1) is 14.9. The van der Waals surface area contributed by atoms with E-state index in [4.69, 9.17) is 0 Å². The van der Waals surface area contributed by atoms with Crippen LogP contribution < -0.4 is 0 Å². The molecule has 3 rings (SSSR count). The Morgan fingerprint density at radius 2 is 1.68 bits per heavy atom. The van der Waals surface area contributed by atoms with Crippen LogP contribution in [0.2, 0.25) is 0 Å². The smallest absolute Gasteiger partial charge is 0.207 e. The molecule has 0 radical (unpaired) electrons. The van der Waals surface area contributed by atoms with Crippen LogP contribution in [0.5, 0.6) is 0 Å². The van der Waals surface area contributed by atoms with Gasteiger partial charge in [-0.25, -0.2) is 4.39 Å². The Labute approximate surface area is 125 Å². The van der Waals surface area contributed by atoms with Crippen LogP contribution in [0.3, 0.4) is 0 Å². The second-order valence-corrected chi connectivity index (χ2v) is 5.45. The number of alkyl halides is 3. The molecule has 116 valence electrons. The monoisotopic (exact) mass is 310 g/mol. The number of hydrogen-bond acceptors (Lipinski definition) is 2. The van der Waals surface area contributed by atoms with E-state index in [-0.39, 0.29) is 11.3 Å². The molecule has 1 aliphatic carbocycles. The number of fused-ring (bicyclic) bond motifs is 1. The second-order valence-electron chi connectivity index (χ2n) is 5.45. The molecule has 0 bridgehead atoms. The summed E-state index contributed by atoms with van der Waals surface area (Å²) in [6.07, 6.45) is 0.0551. The molecule has 0 saturated carbocycles. The van der Waals surface area contributed by atoms with Gasteiger partial charge in [-0.3, -0.25) is 0 Å². The number of nitrogens with zero attached hydrogens (tertiary/aromatic N) is 2. The summed E-state index contributed by atoms with van der Waals surface area (Å²) in [6, 6.07) is 4.29. The topological polar surface area (TPSA) is 25.8 Å². The van der Waals surface area contributed by atoms with E-state index in [0.717, 1.165) is 55.5 Å². The Morgan fingerprint density at radius 3 is 2.45 bits per heavy atom. The summed E-state index contributed by atoms with van der Waals surface area (Å²) >= 11 is 0. The van der Waals surface area contributed by atoms with Crippen LogP contribution in [0.25, 0.3) is 11.3 Å². The summed E-state index contributed by atoms with van der Waals surface area (Å²) in [6.45, 7) is 0. The third-order valence-corrected chi connectivity index (χ3v) is 3.88. The van der Waals surface area contributed by atoms with E-state index in [0.29, 0.717) is 6.07 Å². The Morgan fingerprint density at radius 1 is 0.909 bits per heavy atom. The maximum absolute atomic E-state index is 13.2. The predicted molar refractivity (Wildman–Crippen MR) is 73.7 cm³/mol. The molecule has 0 aliphatic heterocycles. The van der Waals surface area contributed by atoms with E-state index in [1.54, 1.807) is 6.07 Å². The van der Waals surface area contributed by atoms with Gasteiger partial charge in [0.1, 0.15) is 5.82 Å². The highest BCUT2D eigenvalue weighted by Crippen LogP contribution is 2.37. The van der Waals surface area contributed by atoms with Gasteiger partial charge in [-0.05, 0) is 55.5 Å². The second kappa shape index (κ2) is 5.66. The van der Waals surface area contributed by atoms with Crippen molar-refractivity contribution in [1.82, 2.24) is 10.2 Å². The maximum atomic E-state index is 13.2. The SMILES string of the molecule is Fc1ccc(-c2cc3c(nn2)CCCCC3)c(C(F)(F)F)c1. The van der Waals surface area contributed by atoms with Crippen LogP contribution in [-0.4, -0.2) is 10.2 Å². The van der Waals surface area contributed by atoms with Crippen molar-refractivity contribution in [2.45, 2.75) is 38.3 Å². The zero-order valence-corrected chi connectivity index (χ0v) is 11.8. The molecule has 0 atom stereocenters. The minimum atomic E-state index is -4.63. The normalized spacial score (nSPS) is 15.3. The third-order valence-electron chi connectivity index (χ3n) is 3.88. The first-order valence-electron chi connectivity index (χ1n) is 7.18. The fourth-order valence-corrected chi connectivity index (χ4v) is 2.77. The summed E-state index contributed by atoms with van der Waals surface area (Å²) in [7, 11) is 0. The summed E-state index contributed by atoms with van der Waals surface area (Å²) in [5.41, 5.74) is 0.800. The molecule has 0 saturated heterocycles. The minimum absolute atomic E-state index is 0.131. The first-order chi connectivity index (χ1) is 10.4. The zero-order chi connectivity index (χ0) is 15.7. The van der Waals surface area contributed by atoms with E-state index in [1.165, 1.54) is 0 Å². The van der Waals surface area contributed by atoms with Crippen LogP contribution >= 0.6 is 0 Å². The molecular weight excluding hydrogens is 296 g/mol. The zero-order valence-electron chi connectivity index (χ0n) is 11.8. The van der Waals surface area contributed by atoms with Gasteiger partial charge < -0.3 is 0 Å². The molecule has 0 amide bonds. The lowest BCUT2D eigenvalue weighted by Crippen LogP contribution is -2.09. The van der Waals surface area contributed by atoms with Crippen molar-refractivity contribution >= 4 is 0 Å². The number of aromatic nitrogens is 2. The van der Waals surface area contributed by atoms with E-state index < -0.39 is 17.6 Å². The predicted octanol–water partition coefficient (Wildman–Crippen LogP) is 4.57. The third kappa shape index (κ3) is 2.96. The van der Waals surface area contributed by atoms with Crippen LogP contribution in [0.1, 0.15) is 36.1 Å². The Hall–Kier alpha value is -1.98. The average Bonchev–Trinajstić information content (AvgIpc) is 2.70. The molecule has 0 spiro atoms. The van der Waals surface area contributed by atoms with E-state index in [9.17, 15) is 17.6 Å². The van der Waals surface area contributed by atoms with E-state index in [1.807, 2.05) is 0 Å². The highest BCUT2D eigenvalue weighted by atomic mass is 19.4. The van der Waals surface area contributed by atoms with Crippen molar-refractivity contribution in [3.05, 3.63) is 46.9 Å².